The molecule has 1 aromatic heterocycles. The number of rotatable bonds is 5. The Labute approximate surface area is 147 Å². The summed E-state index contributed by atoms with van der Waals surface area (Å²) in [6.45, 7) is 2.09. The van der Waals surface area contributed by atoms with Crippen LogP contribution in [0.15, 0.2) is 47.8 Å². The number of urea groups is 1. The maximum atomic E-state index is 12.2. The normalized spacial score (nSPS) is 16.8. The number of amides is 2. The summed E-state index contributed by atoms with van der Waals surface area (Å²) >= 11 is 1.72. The molecule has 4 nitrogen and oxygen atoms in total. The van der Waals surface area contributed by atoms with Gasteiger partial charge in [-0.3, -0.25) is 0 Å². The molecule has 1 aliphatic rings. The molecule has 5 heteroatoms. The summed E-state index contributed by atoms with van der Waals surface area (Å²) in [6.07, 6.45) is 2.13. The zero-order valence-electron chi connectivity index (χ0n) is 13.7. The van der Waals surface area contributed by atoms with Crippen molar-refractivity contribution in [2.24, 2.45) is 5.92 Å². The Kier molecular flexibility index (Phi) is 5.88. The maximum absolute atomic E-state index is 12.2. The maximum Gasteiger partial charge on any atom is 0.317 e. The van der Waals surface area contributed by atoms with Crippen molar-refractivity contribution in [1.29, 1.82) is 0 Å². The van der Waals surface area contributed by atoms with E-state index in [0.717, 1.165) is 24.8 Å². The van der Waals surface area contributed by atoms with Gasteiger partial charge < -0.3 is 15.3 Å². The zero-order valence-corrected chi connectivity index (χ0v) is 14.5. The van der Waals surface area contributed by atoms with Gasteiger partial charge in [-0.1, -0.05) is 36.4 Å². The minimum Gasteiger partial charge on any atom is -0.388 e. The topological polar surface area (TPSA) is 52.6 Å². The molecule has 1 fully saturated rings. The number of benzene rings is 1. The molecule has 1 saturated heterocycles. The van der Waals surface area contributed by atoms with Crippen LogP contribution in [0.4, 0.5) is 4.79 Å². The summed E-state index contributed by atoms with van der Waals surface area (Å²) < 4.78 is 0. The van der Waals surface area contributed by atoms with Crippen LogP contribution < -0.4 is 5.32 Å². The Bertz CT molecular complexity index is 622. The molecule has 0 spiro atoms. The van der Waals surface area contributed by atoms with Gasteiger partial charge >= 0.3 is 6.03 Å². The molecule has 1 aliphatic heterocycles. The van der Waals surface area contributed by atoms with Crippen LogP contribution in [0.3, 0.4) is 0 Å². The number of hydrogen-bond donors (Lipinski definition) is 2. The standard InChI is InChI=1S/C19H24N2O2S/c22-18(15-5-2-1-3-6-15)16-9-12-21(13-10-16)19(23)20-11-8-17-7-4-14-24-17/h1-7,14,16,18,22H,8-13H2,(H,20,23). The molecule has 1 atom stereocenters. The second-order valence-corrected chi connectivity index (χ2v) is 7.27. The number of thiophene rings is 1. The van der Waals surface area contributed by atoms with Gasteiger partial charge in [-0.2, -0.15) is 0 Å². The van der Waals surface area contributed by atoms with Crippen LogP contribution in [0.2, 0.25) is 0 Å². The summed E-state index contributed by atoms with van der Waals surface area (Å²) in [5.74, 6) is 0.225. The highest BCUT2D eigenvalue weighted by molar-refractivity contribution is 7.09. The fourth-order valence-corrected chi connectivity index (χ4v) is 3.91. The molecule has 24 heavy (non-hydrogen) atoms. The van der Waals surface area contributed by atoms with Crippen molar-refractivity contribution in [2.75, 3.05) is 19.6 Å². The lowest BCUT2D eigenvalue weighted by Gasteiger charge is -2.34. The van der Waals surface area contributed by atoms with Crippen molar-refractivity contribution in [3.05, 3.63) is 58.3 Å². The molecule has 2 heterocycles. The Morgan fingerprint density at radius 3 is 2.62 bits per heavy atom. The van der Waals surface area contributed by atoms with Crippen LogP contribution in [-0.4, -0.2) is 35.7 Å². The van der Waals surface area contributed by atoms with E-state index in [1.54, 1.807) is 11.3 Å². The van der Waals surface area contributed by atoms with Crippen LogP contribution in [0.25, 0.3) is 0 Å². The van der Waals surface area contributed by atoms with Crippen molar-refractivity contribution in [3.8, 4) is 0 Å². The molecule has 0 saturated carbocycles. The molecule has 0 radical (unpaired) electrons. The molecule has 2 aromatic rings. The summed E-state index contributed by atoms with van der Waals surface area (Å²) in [5, 5.41) is 15.6. The van der Waals surface area contributed by atoms with E-state index >= 15 is 0 Å². The predicted molar refractivity (Wildman–Crippen MR) is 97.1 cm³/mol. The minimum absolute atomic E-state index is 0.0132. The molecular formula is C19H24N2O2S. The van der Waals surface area contributed by atoms with Gasteiger partial charge in [-0.15, -0.1) is 11.3 Å². The number of aliphatic hydroxyl groups excluding tert-OH is 1. The fraction of sp³-hybridized carbons (Fsp3) is 0.421. The molecule has 1 unspecified atom stereocenters. The third-order valence-electron chi connectivity index (χ3n) is 4.64. The first kappa shape index (κ1) is 17.0. The molecule has 1 aromatic carbocycles. The largest absolute Gasteiger partial charge is 0.388 e. The third kappa shape index (κ3) is 4.36. The highest BCUT2D eigenvalue weighted by Gasteiger charge is 2.28. The van der Waals surface area contributed by atoms with Crippen molar-refractivity contribution >= 4 is 17.4 Å². The van der Waals surface area contributed by atoms with Crippen LogP contribution >= 0.6 is 11.3 Å². The van der Waals surface area contributed by atoms with Gasteiger partial charge in [0.2, 0.25) is 0 Å². The third-order valence-corrected chi connectivity index (χ3v) is 5.58. The lowest BCUT2D eigenvalue weighted by molar-refractivity contribution is 0.0666. The summed E-state index contributed by atoms with van der Waals surface area (Å²) in [4.78, 5) is 15.4. The van der Waals surface area contributed by atoms with E-state index in [9.17, 15) is 9.90 Å². The van der Waals surface area contributed by atoms with Crippen LogP contribution in [-0.2, 0) is 6.42 Å². The molecule has 128 valence electrons. The summed E-state index contributed by atoms with van der Waals surface area (Å²) in [5.41, 5.74) is 0.969. The molecule has 3 rings (SSSR count). The van der Waals surface area contributed by atoms with Gasteiger partial charge in [0.25, 0.3) is 0 Å². The Hall–Kier alpha value is -1.85. The van der Waals surface area contributed by atoms with Gasteiger partial charge in [0.15, 0.2) is 0 Å². The van der Waals surface area contributed by atoms with Crippen molar-refractivity contribution in [1.82, 2.24) is 10.2 Å². The highest BCUT2D eigenvalue weighted by Crippen LogP contribution is 2.30. The van der Waals surface area contributed by atoms with Gasteiger partial charge in [-0.05, 0) is 42.2 Å². The van der Waals surface area contributed by atoms with E-state index in [2.05, 4.69) is 16.8 Å². The first-order valence-corrected chi connectivity index (χ1v) is 9.40. The first-order valence-electron chi connectivity index (χ1n) is 8.52. The average Bonchev–Trinajstić information content (AvgIpc) is 3.15. The van der Waals surface area contributed by atoms with Crippen molar-refractivity contribution in [2.45, 2.75) is 25.4 Å². The van der Waals surface area contributed by atoms with Gasteiger partial charge in [0.1, 0.15) is 0 Å². The van der Waals surface area contributed by atoms with E-state index in [4.69, 9.17) is 0 Å². The Morgan fingerprint density at radius 1 is 1.21 bits per heavy atom. The smallest absolute Gasteiger partial charge is 0.317 e. The van der Waals surface area contributed by atoms with Crippen molar-refractivity contribution in [3.63, 3.8) is 0 Å². The lowest BCUT2D eigenvalue weighted by atomic mass is 9.87. The van der Waals surface area contributed by atoms with Crippen LogP contribution in [0.1, 0.15) is 29.4 Å². The number of nitrogens with zero attached hydrogens (tertiary/aromatic N) is 1. The second-order valence-electron chi connectivity index (χ2n) is 6.24. The molecular weight excluding hydrogens is 320 g/mol. The highest BCUT2D eigenvalue weighted by atomic mass is 32.1. The zero-order chi connectivity index (χ0) is 16.8. The van der Waals surface area contributed by atoms with Crippen molar-refractivity contribution < 1.29 is 9.90 Å². The van der Waals surface area contributed by atoms with Gasteiger partial charge in [-0.25, -0.2) is 4.79 Å². The number of piperidine rings is 1. The average molecular weight is 344 g/mol. The van der Waals surface area contributed by atoms with E-state index in [-0.39, 0.29) is 11.9 Å². The van der Waals surface area contributed by atoms with E-state index < -0.39 is 6.10 Å². The van der Waals surface area contributed by atoms with E-state index in [1.165, 1.54) is 4.88 Å². The fourth-order valence-electron chi connectivity index (χ4n) is 3.20. The first-order chi connectivity index (χ1) is 11.7. The summed E-state index contributed by atoms with van der Waals surface area (Å²) in [7, 11) is 0. The molecule has 2 amide bonds. The summed E-state index contributed by atoms with van der Waals surface area (Å²) in [6, 6.07) is 13.9. The molecule has 0 bridgehead atoms. The quantitative estimate of drug-likeness (QED) is 0.873. The number of nitrogens with one attached hydrogen (secondary N) is 1. The monoisotopic (exact) mass is 344 g/mol. The minimum atomic E-state index is -0.435. The lowest BCUT2D eigenvalue weighted by Crippen LogP contribution is -2.45. The van der Waals surface area contributed by atoms with Crippen LogP contribution in [0.5, 0.6) is 0 Å². The second kappa shape index (κ2) is 8.31. The van der Waals surface area contributed by atoms with E-state index in [0.29, 0.717) is 19.6 Å². The van der Waals surface area contributed by atoms with Gasteiger partial charge in [0.05, 0.1) is 6.10 Å². The predicted octanol–water partition coefficient (Wildman–Crippen LogP) is 3.45. The Balaban J connectivity index is 1.42. The molecule has 2 N–H and O–H groups in total. The van der Waals surface area contributed by atoms with Crippen LogP contribution in [0, 0.1) is 5.92 Å². The number of aliphatic hydroxyl groups is 1. The number of hydrogen-bond acceptors (Lipinski definition) is 3. The number of carbonyl (C=O) groups is 1. The van der Waals surface area contributed by atoms with E-state index in [1.807, 2.05) is 41.3 Å². The van der Waals surface area contributed by atoms with Gasteiger partial charge in [0, 0.05) is 24.5 Å². The molecule has 0 aliphatic carbocycles. The Morgan fingerprint density at radius 2 is 1.96 bits per heavy atom. The number of likely N-dealkylation sites (tertiary alicyclic amines) is 1. The SMILES string of the molecule is O=C(NCCc1cccs1)N1CCC(C(O)c2ccccc2)CC1. The number of carbonyl (C=O) groups excluding carboxylic acids is 1.